The van der Waals surface area contributed by atoms with E-state index in [2.05, 4.69) is 15.9 Å². The van der Waals surface area contributed by atoms with E-state index in [0.717, 1.165) is 16.4 Å². The van der Waals surface area contributed by atoms with E-state index in [1.807, 2.05) is 0 Å². The normalized spacial score (nSPS) is 12.1. The number of methoxy groups -OCH3 is 1. The maximum Gasteiger partial charge on any atom is 0.245 e. The van der Waals surface area contributed by atoms with Gasteiger partial charge >= 0.3 is 0 Å². The number of hydrogen-bond acceptors (Lipinski definition) is 4. The Morgan fingerprint density at radius 3 is 2.67 bits per heavy atom. The Labute approximate surface area is 114 Å². The first kappa shape index (κ1) is 15.4. The van der Waals surface area contributed by atoms with Gasteiger partial charge in [0.15, 0.2) is 0 Å². The second kappa shape index (κ2) is 5.96. The lowest BCUT2D eigenvalue weighted by Gasteiger charge is -2.17. The maximum atomic E-state index is 13.7. The highest BCUT2D eigenvalue weighted by atomic mass is 79.9. The number of benzene rings is 1. The van der Waals surface area contributed by atoms with E-state index in [0.29, 0.717) is 4.47 Å². The van der Waals surface area contributed by atoms with E-state index in [-0.39, 0.29) is 18.8 Å². The molecule has 1 aromatic carbocycles. The molecule has 0 fully saturated rings. The lowest BCUT2D eigenvalue weighted by molar-refractivity contribution is 0.185. The van der Waals surface area contributed by atoms with E-state index in [4.69, 9.17) is 10.5 Å². The Hall–Kier alpha value is -0.700. The molecule has 0 unspecified atom stereocenters. The van der Waals surface area contributed by atoms with Crippen molar-refractivity contribution in [2.45, 2.75) is 4.90 Å². The van der Waals surface area contributed by atoms with Crippen LogP contribution in [0.5, 0.6) is 0 Å². The summed E-state index contributed by atoms with van der Waals surface area (Å²) in [6.07, 6.45) is 0. The topological polar surface area (TPSA) is 72.6 Å². The molecule has 0 atom stereocenters. The molecule has 102 valence electrons. The van der Waals surface area contributed by atoms with Gasteiger partial charge in [0.25, 0.3) is 0 Å². The first-order valence-electron chi connectivity index (χ1n) is 5.00. The molecule has 0 radical (unpaired) electrons. The van der Waals surface area contributed by atoms with Gasteiger partial charge in [-0.3, -0.25) is 0 Å². The third-order valence-electron chi connectivity index (χ3n) is 2.35. The number of likely N-dealkylation sites (N-methyl/N-ethyl adjacent to an activating group) is 1. The molecule has 18 heavy (non-hydrogen) atoms. The summed E-state index contributed by atoms with van der Waals surface area (Å²) in [4.78, 5) is -0.443. The monoisotopic (exact) mass is 340 g/mol. The van der Waals surface area contributed by atoms with Crippen LogP contribution in [-0.4, -0.2) is 40.0 Å². The average molecular weight is 341 g/mol. The Morgan fingerprint density at radius 2 is 2.11 bits per heavy atom. The first-order valence-corrected chi connectivity index (χ1v) is 7.23. The van der Waals surface area contributed by atoms with Gasteiger partial charge in [0.2, 0.25) is 10.0 Å². The largest absolute Gasteiger partial charge is 0.398 e. The van der Waals surface area contributed by atoms with Crippen LogP contribution in [0, 0.1) is 5.82 Å². The summed E-state index contributed by atoms with van der Waals surface area (Å²) in [5, 5.41) is 0. The van der Waals surface area contributed by atoms with E-state index >= 15 is 0 Å². The van der Waals surface area contributed by atoms with Crippen molar-refractivity contribution < 1.29 is 17.5 Å². The number of rotatable bonds is 5. The minimum atomic E-state index is -3.90. The van der Waals surface area contributed by atoms with Gasteiger partial charge in [-0.2, -0.15) is 4.31 Å². The minimum absolute atomic E-state index is 0.133. The molecule has 5 nitrogen and oxygen atoms in total. The van der Waals surface area contributed by atoms with Crippen LogP contribution in [0.25, 0.3) is 0 Å². The molecule has 1 aromatic rings. The van der Waals surface area contributed by atoms with Gasteiger partial charge in [0.1, 0.15) is 10.7 Å². The SMILES string of the molecule is COCCN(C)S(=O)(=O)c1cc(N)c(Br)cc1F. The van der Waals surface area contributed by atoms with Crippen molar-refractivity contribution in [2.75, 3.05) is 33.0 Å². The van der Waals surface area contributed by atoms with E-state index in [1.54, 1.807) is 0 Å². The van der Waals surface area contributed by atoms with Crippen molar-refractivity contribution in [1.82, 2.24) is 4.31 Å². The number of nitrogens with zero attached hydrogens (tertiary/aromatic N) is 1. The molecule has 0 aliphatic carbocycles. The summed E-state index contributed by atoms with van der Waals surface area (Å²) >= 11 is 3.03. The smallest absolute Gasteiger partial charge is 0.245 e. The van der Waals surface area contributed by atoms with Crippen LogP contribution >= 0.6 is 15.9 Å². The van der Waals surface area contributed by atoms with Crippen molar-refractivity contribution in [1.29, 1.82) is 0 Å². The van der Waals surface area contributed by atoms with Gasteiger partial charge in [-0.1, -0.05) is 0 Å². The van der Waals surface area contributed by atoms with Crippen LogP contribution < -0.4 is 5.73 Å². The number of hydrogen-bond donors (Lipinski definition) is 1. The second-order valence-electron chi connectivity index (χ2n) is 3.62. The number of sulfonamides is 1. The van der Waals surface area contributed by atoms with Gasteiger partial charge < -0.3 is 10.5 Å². The molecule has 0 aliphatic heterocycles. The fraction of sp³-hybridized carbons (Fsp3) is 0.400. The molecule has 0 aromatic heterocycles. The molecule has 0 amide bonds. The van der Waals surface area contributed by atoms with Crippen molar-refractivity contribution in [3.05, 3.63) is 22.4 Å². The summed E-state index contributed by atoms with van der Waals surface area (Å²) in [7, 11) is -1.09. The minimum Gasteiger partial charge on any atom is -0.398 e. The summed E-state index contributed by atoms with van der Waals surface area (Å²) in [5.74, 6) is -0.847. The highest BCUT2D eigenvalue weighted by Crippen LogP contribution is 2.27. The Kier molecular flexibility index (Phi) is 5.09. The zero-order chi connectivity index (χ0) is 13.9. The molecular weight excluding hydrogens is 327 g/mol. The van der Waals surface area contributed by atoms with Crippen LogP contribution in [-0.2, 0) is 14.8 Å². The van der Waals surface area contributed by atoms with Crippen molar-refractivity contribution in [3.8, 4) is 0 Å². The maximum absolute atomic E-state index is 13.7. The molecule has 0 saturated heterocycles. The summed E-state index contributed by atoms with van der Waals surface area (Å²) in [6, 6.07) is 2.13. The lowest BCUT2D eigenvalue weighted by atomic mass is 10.3. The number of nitrogen functional groups attached to an aromatic ring is 1. The Morgan fingerprint density at radius 1 is 1.50 bits per heavy atom. The highest BCUT2D eigenvalue weighted by molar-refractivity contribution is 9.10. The van der Waals surface area contributed by atoms with Crippen LogP contribution in [0.15, 0.2) is 21.5 Å². The fourth-order valence-electron chi connectivity index (χ4n) is 1.25. The average Bonchev–Trinajstić information content (AvgIpc) is 2.30. The van der Waals surface area contributed by atoms with E-state index in [9.17, 15) is 12.8 Å². The molecule has 0 spiro atoms. The second-order valence-corrected chi connectivity index (χ2v) is 6.49. The third-order valence-corrected chi connectivity index (χ3v) is 4.91. The van der Waals surface area contributed by atoms with Gasteiger partial charge in [-0.05, 0) is 28.1 Å². The molecule has 0 saturated carbocycles. The van der Waals surface area contributed by atoms with Crippen LogP contribution in [0.3, 0.4) is 0 Å². The van der Waals surface area contributed by atoms with Crippen molar-refractivity contribution in [3.63, 3.8) is 0 Å². The quantitative estimate of drug-likeness (QED) is 0.823. The molecule has 0 heterocycles. The standard InChI is InChI=1S/C10H14BrFN2O3S/c1-14(3-4-17-2)18(15,16)10-6-9(13)7(11)5-8(10)12/h5-6H,3-4,13H2,1-2H3. The Bertz CT molecular complexity index is 536. The van der Waals surface area contributed by atoms with Crippen LogP contribution in [0.1, 0.15) is 0 Å². The zero-order valence-electron chi connectivity index (χ0n) is 9.98. The number of anilines is 1. The lowest BCUT2D eigenvalue weighted by Crippen LogP contribution is -2.30. The van der Waals surface area contributed by atoms with Gasteiger partial charge in [-0.15, -0.1) is 0 Å². The van der Waals surface area contributed by atoms with Gasteiger partial charge in [-0.25, -0.2) is 12.8 Å². The molecule has 8 heteroatoms. The molecule has 0 aliphatic rings. The van der Waals surface area contributed by atoms with E-state index in [1.165, 1.54) is 14.2 Å². The molecular formula is C10H14BrFN2O3S. The first-order chi connectivity index (χ1) is 8.30. The van der Waals surface area contributed by atoms with E-state index < -0.39 is 20.7 Å². The zero-order valence-corrected chi connectivity index (χ0v) is 12.4. The number of halogens is 2. The predicted octanol–water partition coefficient (Wildman–Crippen LogP) is 1.44. The van der Waals surface area contributed by atoms with Gasteiger partial charge in [0, 0.05) is 30.9 Å². The molecule has 2 N–H and O–H groups in total. The third kappa shape index (κ3) is 3.19. The number of nitrogens with two attached hydrogens (primary N) is 1. The van der Waals surface area contributed by atoms with Crippen molar-refractivity contribution >= 4 is 31.6 Å². The van der Waals surface area contributed by atoms with Crippen LogP contribution in [0.2, 0.25) is 0 Å². The molecule has 0 bridgehead atoms. The Balaban J connectivity index is 3.16. The number of ether oxygens (including phenoxy) is 1. The fourth-order valence-corrected chi connectivity index (χ4v) is 2.80. The van der Waals surface area contributed by atoms with Gasteiger partial charge in [0.05, 0.1) is 6.61 Å². The summed E-state index contributed by atoms with van der Waals surface area (Å²) in [5.41, 5.74) is 5.73. The molecule has 1 rings (SSSR count). The summed E-state index contributed by atoms with van der Waals surface area (Å²) in [6.45, 7) is 0.359. The van der Waals surface area contributed by atoms with Crippen molar-refractivity contribution in [2.24, 2.45) is 0 Å². The predicted molar refractivity (Wildman–Crippen MR) is 70.2 cm³/mol. The highest BCUT2D eigenvalue weighted by Gasteiger charge is 2.25. The summed E-state index contributed by atoms with van der Waals surface area (Å²) < 4.78 is 44.0. The van der Waals surface area contributed by atoms with Crippen LogP contribution in [0.4, 0.5) is 10.1 Å².